The van der Waals surface area contributed by atoms with Crippen LogP contribution in [0.25, 0.3) is 0 Å². The van der Waals surface area contributed by atoms with Gasteiger partial charge in [0.15, 0.2) is 6.61 Å². The molecule has 0 radical (unpaired) electrons. The highest BCUT2D eigenvalue weighted by molar-refractivity contribution is 8.00. The van der Waals surface area contributed by atoms with Gasteiger partial charge in [-0.1, -0.05) is 29.8 Å². The number of hydrogen-bond donors (Lipinski definition) is 1. The van der Waals surface area contributed by atoms with E-state index in [1.54, 1.807) is 49.4 Å². The first-order chi connectivity index (χ1) is 14.5. The zero-order valence-electron chi connectivity index (χ0n) is 16.7. The van der Waals surface area contributed by atoms with Crippen LogP contribution >= 0.6 is 23.4 Å². The molecule has 158 valence electrons. The van der Waals surface area contributed by atoms with Crippen molar-refractivity contribution in [3.63, 3.8) is 0 Å². The van der Waals surface area contributed by atoms with Crippen LogP contribution in [0.2, 0.25) is 5.02 Å². The van der Waals surface area contributed by atoms with Gasteiger partial charge in [-0.15, -0.1) is 11.8 Å². The molecule has 1 aliphatic heterocycles. The lowest BCUT2D eigenvalue weighted by Crippen LogP contribution is -2.29. The maximum absolute atomic E-state index is 12.5. The van der Waals surface area contributed by atoms with E-state index in [4.69, 9.17) is 16.3 Å². The van der Waals surface area contributed by atoms with Crippen LogP contribution in [-0.2, 0) is 14.3 Å². The molecule has 6 nitrogen and oxygen atoms in total. The molecule has 30 heavy (non-hydrogen) atoms. The van der Waals surface area contributed by atoms with E-state index in [2.05, 4.69) is 5.32 Å². The molecule has 3 rings (SSSR count). The van der Waals surface area contributed by atoms with Crippen LogP contribution < -0.4 is 5.32 Å². The van der Waals surface area contributed by atoms with Crippen LogP contribution in [0.15, 0.2) is 47.4 Å². The van der Waals surface area contributed by atoms with Crippen molar-refractivity contribution in [2.75, 3.05) is 30.8 Å². The molecule has 1 saturated heterocycles. The van der Waals surface area contributed by atoms with E-state index in [0.29, 0.717) is 21.2 Å². The van der Waals surface area contributed by atoms with Crippen molar-refractivity contribution in [3.8, 4) is 0 Å². The Morgan fingerprint density at radius 3 is 2.60 bits per heavy atom. The summed E-state index contributed by atoms with van der Waals surface area (Å²) in [4.78, 5) is 39.4. The first kappa shape index (κ1) is 22.2. The topological polar surface area (TPSA) is 75.7 Å². The largest absolute Gasteiger partial charge is 0.452 e. The molecule has 2 aromatic carbocycles. The molecule has 2 aromatic rings. The van der Waals surface area contributed by atoms with Crippen molar-refractivity contribution < 1.29 is 19.1 Å². The van der Waals surface area contributed by atoms with Gasteiger partial charge in [-0.05, 0) is 49.6 Å². The number of rotatable bonds is 7. The number of carbonyl (C=O) groups excluding carboxylic acids is 3. The summed E-state index contributed by atoms with van der Waals surface area (Å²) in [6, 6.07) is 12.1. The average Bonchev–Trinajstić information content (AvgIpc) is 3.29. The number of halogens is 1. The van der Waals surface area contributed by atoms with Crippen molar-refractivity contribution in [1.82, 2.24) is 4.90 Å². The second-order valence-corrected chi connectivity index (χ2v) is 8.33. The Labute approximate surface area is 184 Å². The SMILES string of the molecule is Cc1c(Cl)cccc1NC(=O)COC(=O)c1ccccc1SCC(=O)N1CCCC1. The van der Waals surface area contributed by atoms with Gasteiger partial charge in [0.25, 0.3) is 5.91 Å². The maximum Gasteiger partial charge on any atom is 0.339 e. The number of benzene rings is 2. The molecule has 1 heterocycles. The molecule has 8 heteroatoms. The highest BCUT2D eigenvalue weighted by atomic mass is 35.5. The third-order valence-corrected chi connectivity index (χ3v) is 6.26. The Bertz CT molecular complexity index is 944. The van der Waals surface area contributed by atoms with E-state index in [0.717, 1.165) is 31.5 Å². The molecule has 0 aromatic heterocycles. The van der Waals surface area contributed by atoms with E-state index >= 15 is 0 Å². The second kappa shape index (κ2) is 10.5. The molecule has 2 amide bonds. The van der Waals surface area contributed by atoms with Gasteiger partial charge in [-0.25, -0.2) is 4.79 Å². The first-order valence-electron chi connectivity index (χ1n) is 9.67. The van der Waals surface area contributed by atoms with Gasteiger partial charge in [-0.2, -0.15) is 0 Å². The highest BCUT2D eigenvalue weighted by Crippen LogP contribution is 2.25. The molecular formula is C22H23ClN2O4S. The fraction of sp³-hybridized carbons (Fsp3) is 0.318. The number of hydrogen-bond acceptors (Lipinski definition) is 5. The van der Waals surface area contributed by atoms with Crippen LogP contribution in [0.5, 0.6) is 0 Å². The molecule has 0 atom stereocenters. The lowest BCUT2D eigenvalue weighted by Gasteiger charge is -2.15. The van der Waals surface area contributed by atoms with E-state index in [1.807, 2.05) is 4.90 Å². The summed E-state index contributed by atoms with van der Waals surface area (Å²) in [5.41, 5.74) is 1.65. The van der Waals surface area contributed by atoms with Gasteiger partial charge >= 0.3 is 5.97 Å². The number of amides is 2. The third-order valence-electron chi connectivity index (χ3n) is 4.79. The Kier molecular flexibility index (Phi) is 7.76. The molecule has 0 spiro atoms. The van der Waals surface area contributed by atoms with Gasteiger partial charge in [0.2, 0.25) is 5.91 Å². The molecule has 0 unspecified atom stereocenters. The third kappa shape index (κ3) is 5.77. The van der Waals surface area contributed by atoms with Crippen LogP contribution in [0, 0.1) is 6.92 Å². The minimum atomic E-state index is -0.607. The molecule has 1 aliphatic rings. The Balaban J connectivity index is 1.55. The van der Waals surface area contributed by atoms with Crippen LogP contribution in [0.4, 0.5) is 5.69 Å². The van der Waals surface area contributed by atoms with Crippen LogP contribution in [-0.4, -0.2) is 48.1 Å². The summed E-state index contributed by atoms with van der Waals surface area (Å²) in [7, 11) is 0. The second-order valence-electron chi connectivity index (χ2n) is 6.91. The lowest BCUT2D eigenvalue weighted by molar-refractivity contribution is -0.127. The van der Waals surface area contributed by atoms with Gasteiger partial charge < -0.3 is 15.0 Å². The molecular weight excluding hydrogens is 424 g/mol. The maximum atomic E-state index is 12.5. The van der Waals surface area contributed by atoms with Crippen molar-refractivity contribution >= 4 is 46.8 Å². The summed E-state index contributed by atoms with van der Waals surface area (Å²) in [6.45, 7) is 2.96. The van der Waals surface area contributed by atoms with Crippen molar-refractivity contribution in [3.05, 3.63) is 58.6 Å². The van der Waals surface area contributed by atoms with Gasteiger partial charge in [-0.3, -0.25) is 9.59 Å². The average molecular weight is 447 g/mol. The van der Waals surface area contributed by atoms with E-state index in [9.17, 15) is 14.4 Å². The number of esters is 1. The molecule has 1 fully saturated rings. The van der Waals surface area contributed by atoms with Crippen molar-refractivity contribution in [1.29, 1.82) is 0 Å². The van der Waals surface area contributed by atoms with Gasteiger partial charge in [0, 0.05) is 28.7 Å². The Morgan fingerprint density at radius 2 is 1.83 bits per heavy atom. The van der Waals surface area contributed by atoms with E-state index in [1.165, 1.54) is 11.8 Å². The predicted molar refractivity (Wildman–Crippen MR) is 118 cm³/mol. The number of anilines is 1. The summed E-state index contributed by atoms with van der Waals surface area (Å²) in [5, 5.41) is 3.23. The lowest BCUT2D eigenvalue weighted by atomic mass is 10.2. The fourth-order valence-electron chi connectivity index (χ4n) is 3.10. The number of carbonyl (C=O) groups is 3. The standard InChI is InChI=1S/C22H23ClN2O4S/c1-15-17(23)8-6-9-18(15)24-20(26)13-29-22(28)16-7-2-3-10-19(16)30-14-21(27)25-11-4-5-12-25/h2-3,6-10H,4-5,11-14H2,1H3,(H,24,26). The highest BCUT2D eigenvalue weighted by Gasteiger charge is 2.20. The van der Waals surface area contributed by atoms with Crippen LogP contribution in [0.3, 0.4) is 0 Å². The number of nitrogens with one attached hydrogen (secondary N) is 1. The summed E-state index contributed by atoms with van der Waals surface area (Å²) in [6.07, 6.45) is 2.08. The number of likely N-dealkylation sites (tertiary alicyclic amines) is 1. The number of nitrogens with zero attached hydrogens (tertiary/aromatic N) is 1. The fourth-order valence-corrected chi connectivity index (χ4v) is 4.21. The minimum Gasteiger partial charge on any atom is -0.452 e. The molecule has 0 aliphatic carbocycles. The minimum absolute atomic E-state index is 0.0666. The number of thioether (sulfide) groups is 1. The molecule has 1 N–H and O–H groups in total. The number of ether oxygens (including phenoxy) is 1. The van der Waals surface area contributed by atoms with E-state index in [-0.39, 0.29) is 11.7 Å². The summed E-state index contributed by atoms with van der Waals surface area (Å²) >= 11 is 7.35. The van der Waals surface area contributed by atoms with Gasteiger partial charge in [0.05, 0.1) is 11.3 Å². The summed E-state index contributed by atoms with van der Waals surface area (Å²) < 4.78 is 5.19. The van der Waals surface area contributed by atoms with Crippen LogP contribution in [0.1, 0.15) is 28.8 Å². The molecule has 0 saturated carbocycles. The van der Waals surface area contributed by atoms with Crippen molar-refractivity contribution in [2.45, 2.75) is 24.7 Å². The predicted octanol–water partition coefficient (Wildman–Crippen LogP) is 4.16. The normalized spacial score (nSPS) is 13.2. The van der Waals surface area contributed by atoms with E-state index < -0.39 is 18.5 Å². The first-order valence-corrected chi connectivity index (χ1v) is 11.0. The smallest absolute Gasteiger partial charge is 0.339 e. The Hall–Kier alpha value is -2.51. The summed E-state index contributed by atoms with van der Waals surface area (Å²) in [5.74, 6) is -0.733. The zero-order chi connectivity index (χ0) is 21.5. The Morgan fingerprint density at radius 1 is 1.10 bits per heavy atom. The zero-order valence-corrected chi connectivity index (χ0v) is 18.2. The van der Waals surface area contributed by atoms with Crippen molar-refractivity contribution in [2.24, 2.45) is 0 Å². The van der Waals surface area contributed by atoms with Gasteiger partial charge in [0.1, 0.15) is 0 Å². The molecule has 0 bridgehead atoms. The monoisotopic (exact) mass is 446 g/mol. The quantitative estimate of drug-likeness (QED) is 0.510.